The van der Waals surface area contributed by atoms with Gasteiger partial charge in [-0.2, -0.15) is 0 Å². The summed E-state index contributed by atoms with van der Waals surface area (Å²) in [6, 6.07) is 0. The normalized spacial score (nSPS) is 37.4. The molecule has 1 nitrogen and oxygen atoms in total. The van der Waals surface area contributed by atoms with E-state index in [1.807, 2.05) is 0 Å². The van der Waals surface area contributed by atoms with Crippen molar-refractivity contribution >= 4 is 0 Å². The molecule has 0 amide bonds. The van der Waals surface area contributed by atoms with Crippen LogP contribution in [-0.2, 0) is 0 Å². The van der Waals surface area contributed by atoms with Gasteiger partial charge in [0.25, 0.3) is 0 Å². The monoisotopic (exact) mass is 156 g/mol. The summed E-state index contributed by atoms with van der Waals surface area (Å²) in [5, 5.41) is 8.87. The summed E-state index contributed by atoms with van der Waals surface area (Å²) in [5.41, 5.74) is 0.461. The van der Waals surface area contributed by atoms with Gasteiger partial charge in [-0.05, 0) is 36.5 Å². The van der Waals surface area contributed by atoms with Gasteiger partial charge in [0.1, 0.15) is 0 Å². The molecule has 0 aromatic carbocycles. The van der Waals surface area contributed by atoms with E-state index < -0.39 is 0 Å². The molecule has 1 heteroatoms. The molecule has 66 valence electrons. The largest absolute Gasteiger partial charge is 0.396 e. The van der Waals surface area contributed by atoms with Crippen LogP contribution in [-0.4, -0.2) is 11.7 Å². The zero-order chi connectivity index (χ0) is 8.48. The summed E-state index contributed by atoms with van der Waals surface area (Å²) in [6.45, 7) is 7.26. The summed E-state index contributed by atoms with van der Waals surface area (Å²) >= 11 is 0. The quantitative estimate of drug-likeness (QED) is 0.665. The smallest absolute Gasteiger partial charge is 0.0436 e. The third kappa shape index (κ3) is 1.58. The Balaban J connectivity index is 2.45. The molecule has 0 aliphatic heterocycles. The number of hydrogen-bond donors (Lipinski definition) is 1. The van der Waals surface area contributed by atoms with Crippen LogP contribution in [0.2, 0.25) is 0 Å². The first-order valence-corrected chi connectivity index (χ1v) is 4.71. The second-order valence-corrected chi connectivity index (χ2v) is 4.52. The highest BCUT2D eigenvalue weighted by Gasteiger charge is 2.43. The molecule has 0 aromatic heterocycles. The molecule has 0 radical (unpaired) electrons. The second kappa shape index (κ2) is 3.14. The Morgan fingerprint density at radius 2 is 2.18 bits per heavy atom. The van der Waals surface area contributed by atoms with Crippen molar-refractivity contribution in [1.29, 1.82) is 0 Å². The van der Waals surface area contributed by atoms with E-state index in [0.29, 0.717) is 12.0 Å². The molecule has 1 aliphatic rings. The Hall–Kier alpha value is -0.0400. The van der Waals surface area contributed by atoms with Crippen LogP contribution in [0.4, 0.5) is 0 Å². The van der Waals surface area contributed by atoms with Crippen molar-refractivity contribution in [1.82, 2.24) is 0 Å². The number of aliphatic hydroxyl groups is 1. The lowest BCUT2D eigenvalue weighted by Gasteiger charge is -2.49. The molecule has 1 aliphatic carbocycles. The van der Waals surface area contributed by atoms with Crippen LogP contribution in [0.1, 0.15) is 40.0 Å². The van der Waals surface area contributed by atoms with E-state index in [0.717, 1.165) is 18.3 Å². The summed E-state index contributed by atoms with van der Waals surface area (Å²) in [4.78, 5) is 0. The average Bonchev–Trinajstić information content (AvgIpc) is 1.85. The molecule has 2 atom stereocenters. The van der Waals surface area contributed by atoms with Gasteiger partial charge in [-0.15, -0.1) is 0 Å². The lowest BCUT2D eigenvalue weighted by atomic mass is 9.56. The van der Waals surface area contributed by atoms with Crippen molar-refractivity contribution in [2.24, 2.45) is 17.3 Å². The van der Waals surface area contributed by atoms with Gasteiger partial charge >= 0.3 is 0 Å². The maximum absolute atomic E-state index is 8.87. The van der Waals surface area contributed by atoms with Crippen LogP contribution in [0.15, 0.2) is 0 Å². The summed E-state index contributed by atoms with van der Waals surface area (Å²) < 4.78 is 0. The van der Waals surface area contributed by atoms with Crippen molar-refractivity contribution < 1.29 is 5.11 Å². The highest BCUT2D eigenvalue weighted by Crippen LogP contribution is 2.52. The number of hydrogen-bond acceptors (Lipinski definition) is 1. The second-order valence-electron chi connectivity index (χ2n) is 4.52. The Bertz CT molecular complexity index is 131. The minimum atomic E-state index is 0.361. The Labute approximate surface area is 69.8 Å². The van der Waals surface area contributed by atoms with E-state index in [2.05, 4.69) is 20.8 Å². The molecular formula is C10H20O. The minimum Gasteiger partial charge on any atom is -0.396 e. The van der Waals surface area contributed by atoms with Gasteiger partial charge in [-0.1, -0.05) is 20.8 Å². The third-order valence-corrected chi connectivity index (χ3v) is 3.41. The van der Waals surface area contributed by atoms with E-state index in [9.17, 15) is 0 Å². The van der Waals surface area contributed by atoms with Gasteiger partial charge in [0.2, 0.25) is 0 Å². The first-order chi connectivity index (χ1) is 5.10. The van der Waals surface area contributed by atoms with Crippen LogP contribution in [0.5, 0.6) is 0 Å². The van der Waals surface area contributed by atoms with Crippen molar-refractivity contribution in [3.05, 3.63) is 0 Å². The highest BCUT2D eigenvalue weighted by molar-refractivity contribution is 4.93. The molecule has 0 spiro atoms. The first kappa shape index (κ1) is 9.05. The van der Waals surface area contributed by atoms with Gasteiger partial charge < -0.3 is 5.11 Å². The molecule has 0 aromatic rings. The van der Waals surface area contributed by atoms with Crippen LogP contribution in [0.25, 0.3) is 0 Å². The van der Waals surface area contributed by atoms with Crippen LogP contribution >= 0.6 is 0 Å². The molecule has 0 heterocycles. The van der Waals surface area contributed by atoms with E-state index in [1.54, 1.807) is 0 Å². The predicted molar refractivity (Wildman–Crippen MR) is 47.4 cm³/mol. The average molecular weight is 156 g/mol. The predicted octanol–water partition coefficient (Wildman–Crippen LogP) is 2.44. The maximum Gasteiger partial charge on any atom is 0.0436 e. The fourth-order valence-corrected chi connectivity index (χ4v) is 2.51. The Morgan fingerprint density at radius 1 is 1.55 bits per heavy atom. The van der Waals surface area contributed by atoms with E-state index in [-0.39, 0.29) is 0 Å². The van der Waals surface area contributed by atoms with Gasteiger partial charge in [-0.3, -0.25) is 0 Å². The van der Waals surface area contributed by atoms with Crippen LogP contribution < -0.4 is 0 Å². The molecule has 1 fully saturated rings. The topological polar surface area (TPSA) is 20.2 Å². The lowest BCUT2D eigenvalue weighted by molar-refractivity contribution is -0.00763. The van der Waals surface area contributed by atoms with Gasteiger partial charge in [-0.25, -0.2) is 0 Å². The molecule has 0 saturated heterocycles. The van der Waals surface area contributed by atoms with E-state index in [1.165, 1.54) is 12.8 Å². The van der Waals surface area contributed by atoms with Crippen LogP contribution in [0.3, 0.4) is 0 Å². The molecule has 1 rings (SSSR count). The maximum atomic E-state index is 8.87. The fraction of sp³-hybridized carbons (Fsp3) is 1.00. The SMILES string of the molecule is CC(C)[C@@H]1CC[C@@]1(C)CCO. The van der Waals surface area contributed by atoms with E-state index in [4.69, 9.17) is 5.11 Å². The molecule has 0 bridgehead atoms. The van der Waals surface area contributed by atoms with E-state index >= 15 is 0 Å². The molecule has 0 unspecified atom stereocenters. The number of rotatable bonds is 3. The number of aliphatic hydroxyl groups excluding tert-OH is 1. The summed E-state index contributed by atoms with van der Waals surface area (Å²) in [7, 11) is 0. The van der Waals surface area contributed by atoms with Crippen molar-refractivity contribution in [2.45, 2.75) is 40.0 Å². The van der Waals surface area contributed by atoms with Gasteiger partial charge in [0, 0.05) is 6.61 Å². The Kier molecular flexibility index (Phi) is 2.58. The van der Waals surface area contributed by atoms with Crippen molar-refractivity contribution in [3.8, 4) is 0 Å². The zero-order valence-corrected chi connectivity index (χ0v) is 7.93. The molecular weight excluding hydrogens is 136 g/mol. The highest BCUT2D eigenvalue weighted by atomic mass is 16.3. The lowest BCUT2D eigenvalue weighted by Crippen LogP contribution is -2.41. The fourth-order valence-electron chi connectivity index (χ4n) is 2.51. The Morgan fingerprint density at radius 3 is 2.45 bits per heavy atom. The molecule has 11 heavy (non-hydrogen) atoms. The molecule has 1 saturated carbocycles. The van der Waals surface area contributed by atoms with Crippen molar-refractivity contribution in [3.63, 3.8) is 0 Å². The van der Waals surface area contributed by atoms with Gasteiger partial charge in [0.15, 0.2) is 0 Å². The zero-order valence-electron chi connectivity index (χ0n) is 7.93. The molecule has 1 N–H and O–H groups in total. The van der Waals surface area contributed by atoms with Gasteiger partial charge in [0.05, 0.1) is 0 Å². The van der Waals surface area contributed by atoms with Crippen molar-refractivity contribution in [2.75, 3.05) is 6.61 Å². The first-order valence-electron chi connectivity index (χ1n) is 4.71. The summed E-state index contributed by atoms with van der Waals surface area (Å²) in [5.74, 6) is 1.65. The third-order valence-electron chi connectivity index (χ3n) is 3.41. The minimum absolute atomic E-state index is 0.361. The summed E-state index contributed by atoms with van der Waals surface area (Å²) in [6.07, 6.45) is 3.68. The standard InChI is InChI=1S/C10H20O/c1-8(2)9-4-5-10(9,3)6-7-11/h8-9,11H,4-7H2,1-3H3/t9-,10-/m0/s1. The van der Waals surface area contributed by atoms with Crippen LogP contribution in [0, 0.1) is 17.3 Å².